The lowest BCUT2D eigenvalue weighted by atomic mass is 10.1. The van der Waals surface area contributed by atoms with E-state index in [0.29, 0.717) is 18.9 Å². The average molecular weight is 244 g/mol. The predicted molar refractivity (Wildman–Crippen MR) is 62.3 cm³/mol. The van der Waals surface area contributed by atoms with Gasteiger partial charge in [0.05, 0.1) is 17.7 Å². The second-order valence-electron chi connectivity index (χ2n) is 3.83. The predicted octanol–water partition coefficient (Wildman–Crippen LogP) is 1.91. The summed E-state index contributed by atoms with van der Waals surface area (Å²) in [5, 5.41) is 21.9. The zero-order chi connectivity index (χ0) is 11.5. The Hall–Kier alpha value is -1.13. The zero-order valence-corrected chi connectivity index (χ0v) is 9.44. The summed E-state index contributed by atoms with van der Waals surface area (Å²) >= 11 is 6.09. The van der Waals surface area contributed by atoms with E-state index in [4.69, 9.17) is 16.3 Å². The molecule has 0 spiro atoms. The molecule has 5 heteroatoms. The number of phenols is 2. The normalized spacial score (nSPS) is 25.3. The third kappa shape index (κ3) is 2.51. The van der Waals surface area contributed by atoms with Gasteiger partial charge in [-0.15, -0.1) is 11.6 Å². The number of anilines is 1. The van der Waals surface area contributed by atoms with Crippen molar-refractivity contribution in [3.8, 4) is 11.5 Å². The third-order valence-electron chi connectivity index (χ3n) is 2.61. The van der Waals surface area contributed by atoms with Gasteiger partial charge in [-0.3, -0.25) is 0 Å². The Bertz CT molecular complexity index is 372. The highest BCUT2D eigenvalue weighted by Gasteiger charge is 2.24. The van der Waals surface area contributed by atoms with Gasteiger partial charge < -0.3 is 20.3 Å². The molecule has 1 heterocycles. The molecule has 0 radical (unpaired) electrons. The summed E-state index contributed by atoms with van der Waals surface area (Å²) in [6.45, 7) is 1.15. The summed E-state index contributed by atoms with van der Waals surface area (Å²) in [5.41, 5.74) is 0.498. The molecular weight excluding hydrogens is 230 g/mol. The molecule has 3 N–H and O–H groups in total. The van der Waals surface area contributed by atoms with Crippen LogP contribution in [0.25, 0.3) is 0 Å². The van der Waals surface area contributed by atoms with Crippen LogP contribution in [0.3, 0.4) is 0 Å². The Balaban J connectivity index is 2.10. The van der Waals surface area contributed by atoms with Crippen LogP contribution in [0.2, 0.25) is 0 Å². The first kappa shape index (κ1) is 11.4. The molecule has 2 unspecified atom stereocenters. The Labute approximate surface area is 98.8 Å². The molecular formula is C11H14ClNO3. The van der Waals surface area contributed by atoms with Gasteiger partial charge in [-0.1, -0.05) is 0 Å². The summed E-state index contributed by atoms with van der Waals surface area (Å²) in [6, 6.07) is 4.40. The molecule has 1 aromatic rings. The van der Waals surface area contributed by atoms with Crippen molar-refractivity contribution in [3.63, 3.8) is 0 Å². The highest BCUT2D eigenvalue weighted by atomic mass is 35.5. The first-order valence-corrected chi connectivity index (χ1v) is 5.61. The van der Waals surface area contributed by atoms with Crippen LogP contribution in [-0.2, 0) is 4.74 Å². The SMILES string of the molecule is Oc1ccc(O)c(NC2CCOCC2Cl)c1. The minimum absolute atomic E-state index is 0.0446. The zero-order valence-electron chi connectivity index (χ0n) is 8.69. The monoisotopic (exact) mass is 243 g/mol. The highest BCUT2D eigenvalue weighted by Crippen LogP contribution is 2.29. The number of halogens is 1. The maximum absolute atomic E-state index is 9.60. The molecule has 2 rings (SSSR count). The highest BCUT2D eigenvalue weighted by molar-refractivity contribution is 6.21. The van der Waals surface area contributed by atoms with Crippen LogP contribution in [0.4, 0.5) is 5.69 Å². The molecule has 16 heavy (non-hydrogen) atoms. The van der Waals surface area contributed by atoms with Crippen LogP contribution >= 0.6 is 11.6 Å². The van der Waals surface area contributed by atoms with Crippen LogP contribution in [0.1, 0.15) is 6.42 Å². The molecule has 1 aliphatic heterocycles. The second kappa shape index (κ2) is 4.80. The molecule has 2 atom stereocenters. The van der Waals surface area contributed by atoms with Crippen molar-refractivity contribution in [3.05, 3.63) is 18.2 Å². The van der Waals surface area contributed by atoms with Gasteiger partial charge in [0.1, 0.15) is 11.5 Å². The maximum atomic E-state index is 9.60. The molecule has 1 fully saturated rings. The van der Waals surface area contributed by atoms with Crippen LogP contribution in [0.15, 0.2) is 18.2 Å². The van der Waals surface area contributed by atoms with Gasteiger partial charge in [0.15, 0.2) is 0 Å². The summed E-state index contributed by atoms with van der Waals surface area (Å²) in [5.74, 6) is 0.214. The molecule has 1 aromatic carbocycles. The van der Waals surface area contributed by atoms with Crippen LogP contribution < -0.4 is 5.32 Å². The fourth-order valence-corrected chi connectivity index (χ4v) is 1.98. The number of aromatic hydroxyl groups is 2. The fraction of sp³-hybridized carbons (Fsp3) is 0.455. The third-order valence-corrected chi connectivity index (χ3v) is 3.04. The number of alkyl halides is 1. The van der Waals surface area contributed by atoms with Gasteiger partial charge in [-0.05, 0) is 18.6 Å². The molecule has 0 aliphatic carbocycles. The van der Waals surface area contributed by atoms with E-state index in [1.165, 1.54) is 18.2 Å². The number of rotatable bonds is 2. The van der Waals surface area contributed by atoms with Gasteiger partial charge in [0, 0.05) is 18.7 Å². The van der Waals surface area contributed by atoms with Crippen molar-refractivity contribution in [2.24, 2.45) is 0 Å². The maximum Gasteiger partial charge on any atom is 0.138 e. The van der Waals surface area contributed by atoms with Gasteiger partial charge in [-0.25, -0.2) is 0 Å². The Morgan fingerprint density at radius 3 is 2.94 bits per heavy atom. The van der Waals surface area contributed by atoms with Crippen molar-refractivity contribution in [2.45, 2.75) is 17.8 Å². The first-order chi connectivity index (χ1) is 7.66. The molecule has 88 valence electrons. The molecule has 0 amide bonds. The Morgan fingerprint density at radius 1 is 1.38 bits per heavy atom. The lowest BCUT2D eigenvalue weighted by Gasteiger charge is -2.29. The Morgan fingerprint density at radius 2 is 2.19 bits per heavy atom. The van der Waals surface area contributed by atoms with E-state index in [0.717, 1.165) is 6.42 Å². The van der Waals surface area contributed by atoms with E-state index in [1.54, 1.807) is 0 Å². The lowest BCUT2D eigenvalue weighted by Crippen LogP contribution is -2.38. The molecule has 1 aliphatic rings. The van der Waals surface area contributed by atoms with E-state index in [2.05, 4.69) is 5.32 Å². The summed E-state index contributed by atoms with van der Waals surface area (Å²) in [6.07, 6.45) is 0.781. The van der Waals surface area contributed by atoms with Gasteiger partial charge >= 0.3 is 0 Å². The number of benzene rings is 1. The largest absolute Gasteiger partial charge is 0.508 e. The summed E-state index contributed by atoms with van der Waals surface area (Å²) < 4.78 is 5.22. The smallest absolute Gasteiger partial charge is 0.138 e. The minimum Gasteiger partial charge on any atom is -0.508 e. The summed E-state index contributed by atoms with van der Waals surface area (Å²) in [4.78, 5) is 0. The minimum atomic E-state index is -0.129. The van der Waals surface area contributed by atoms with Gasteiger partial charge in [0.2, 0.25) is 0 Å². The number of phenolic OH excluding ortho intramolecular Hbond substituents is 2. The Kier molecular flexibility index (Phi) is 3.41. The molecule has 4 nitrogen and oxygen atoms in total. The fourth-order valence-electron chi connectivity index (χ4n) is 1.71. The molecule has 0 aromatic heterocycles. The summed E-state index contributed by atoms with van der Waals surface area (Å²) in [7, 11) is 0. The van der Waals surface area contributed by atoms with Crippen molar-refractivity contribution in [1.82, 2.24) is 0 Å². The molecule has 0 bridgehead atoms. The number of hydrogen-bond acceptors (Lipinski definition) is 4. The number of hydrogen-bond donors (Lipinski definition) is 3. The van der Waals surface area contributed by atoms with E-state index >= 15 is 0 Å². The van der Waals surface area contributed by atoms with Gasteiger partial charge in [-0.2, -0.15) is 0 Å². The standard InChI is InChI=1S/C11H14ClNO3/c12-8-6-16-4-3-9(8)13-10-5-7(14)1-2-11(10)15/h1-2,5,8-9,13-15H,3-4,6H2. The van der Waals surface area contributed by atoms with Gasteiger partial charge in [0.25, 0.3) is 0 Å². The quantitative estimate of drug-likeness (QED) is 0.422. The molecule has 0 saturated carbocycles. The van der Waals surface area contributed by atoms with Crippen LogP contribution in [0.5, 0.6) is 11.5 Å². The van der Waals surface area contributed by atoms with E-state index < -0.39 is 0 Å². The van der Waals surface area contributed by atoms with E-state index in [9.17, 15) is 10.2 Å². The number of ether oxygens (including phenoxy) is 1. The first-order valence-electron chi connectivity index (χ1n) is 5.17. The van der Waals surface area contributed by atoms with Crippen molar-refractivity contribution in [1.29, 1.82) is 0 Å². The van der Waals surface area contributed by atoms with Crippen LogP contribution in [0, 0.1) is 0 Å². The topological polar surface area (TPSA) is 61.7 Å². The van der Waals surface area contributed by atoms with Crippen molar-refractivity contribution >= 4 is 17.3 Å². The van der Waals surface area contributed by atoms with E-state index in [1.807, 2.05) is 0 Å². The lowest BCUT2D eigenvalue weighted by molar-refractivity contribution is 0.0935. The van der Waals surface area contributed by atoms with E-state index in [-0.39, 0.29) is 22.9 Å². The second-order valence-corrected chi connectivity index (χ2v) is 4.39. The molecule has 1 saturated heterocycles. The van der Waals surface area contributed by atoms with Crippen molar-refractivity contribution in [2.75, 3.05) is 18.5 Å². The number of nitrogens with one attached hydrogen (secondary N) is 1. The van der Waals surface area contributed by atoms with Crippen LogP contribution in [-0.4, -0.2) is 34.8 Å². The average Bonchev–Trinajstić information content (AvgIpc) is 2.27. The van der Waals surface area contributed by atoms with Crippen molar-refractivity contribution < 1.29 is 14.9 Å².